The third-order valence-corrected chi connectivity index (χ3v) is 3.21. The van der Waals surface area contributed by atoms with E-state index in [0.29, 0.717) is 29.3 Å². The Morgan fingerprint density at radius 2 is 2.22 bits per heavy atom. The quantitative estimate of drug-likeness (QED) is 0.795. The second-order valence-corrected chi connectivity index (χ2v) is 4.87. The minimum absolute atomic E-state index is 0.154. The lowest BCUT2D eigenvalue weighted by atomic mass is 9.96. The van der Waals surface area contributed by atoms with Gasteiger partial charge in [0, 0.05) is 25.1 Å². The molecule has 1 aliphatic rings. The largest absolute Gasteiger partial charge is 0.466 e. The number of carbonyl (C=O) groups is 1. The predicted octanol–water partition coefficient (Wildman–Crippen LogP) is 2.17. The van der Waals surface area contributed by atoms with Gasteiger partial charge in [0.15, 0.2) is 10.3 Å². The SMILES string of the molecule is CCOC(=O)CC1CN(c2cc(Cl)nnc2Cl)C1. The number of nitrogens with zero attached hydrogens (tertiary/aromatic N) is 3. The molecule has 0 bridgehead atoms. The van der Waals surface area contributed by atoms with E-state index in [2.05, 4.69) is 10.2 Å². The molecule has 18 heavy (non-hydrogen) atoms. The third kappa shape index (κ3) is 3.03. The summed E-state index contributed by atoms with van der Waals surface area (Å²) in [4.78, 5) is 13.3. The van der Waals surface area contributed by atoms with Gasteiger partial charge in [-0.25, -0.2) is 0 Å². The highest BCUT2D eigenvalue weighted by Crippen LogP contribution is 2.32. The van der Waals surface area contributed by atoms with Crippen LogP contribution in [0.5, 0.6) is 0 Å². The highest BCUT2D eigenvalue weighted by Gasteiger charge is 2.31. The van der Waals surface area contributed by atoms with E-state index >= 15 is 0 Å². The van der Waals surface area contributed by atoms with Crippen LogP contribution in [0.3, 0.4) is 0 Å². The van der Waals surface area contributed by atoms with E-state index in [4.69, 9.17) is 27.9 Å². The molecule has 1 aliphatic heterocycles. The molecule has 0 amide bonds. The monoisotopic (exact) mass is 289 g/mol. The Morgan fingerprint density at radius 3 is 2.89 bits per heavy atom. The van der Waals surface area contributed by atoms with Gasteiger partial charge in [-0.1, -0.05) is 23.2 Å². The summed E-state index contributed by atoms with van der Waals surface area (Å²) in [7, 11) is 0. The van der Waals surface area contributed by atoms with Crippen LogP contribution in [0.25, 0.3) is 0 Å². The summed E-state index contributed by atoms with van der Waals surface area (Å²) >= 11 is 11.7. The molecule has 0 radical (unpaired) electrons. The van der Waals surface area contributed by atoms with E-state index in [1.807, 2.05) is 4.90 Å². The van der Waals surface area contributed by atoms with Crippen LogP contribution in [-0.2, 0) is 9.53 Å². The maximum Gasteiger partial charge on any atom is 0.306 e. The Kier molecular flexibility index (Phi) is 4.24. The Hall–Kier alpha value is -1.07. The number of anilines is 1. The van der Waals surface area contributed by atoms with Gasteiger partial charge < -0.3 is 9.64 Å². The first-order valence-corrected chi connectivity index (χ1v) is 6.45. The molecule has 1 fully saturated rings. The Balaban J connectivity index is 1.89. The van der Waals surface area contributed by atoms with Crippen molar-refractivity contribution in [3.8, 4) is 0 Å². The summed E-state index contributed by atoms with van der Waals surface area (Å²) in [5.74, 6) is 0.145. The summed E-state index contributed by atoms with van der Waals surface area (Å²) in [6, 6.07) is 1.68. The molecule has 1 saturated heterocycles. The lowest BCUT2D eigenvalue weighted by Crippen LogP contribution is -2.48. The number of aromatic nitrogens is 2. The van der Waals surface area contributed by atoms with Crippen LogP contribution in [0, 0.1) is 5.92 Å². The highest BCUT2D eigenvalue weighted by molar-refractivity contribution is 6.33. The Bertz CT molecular complexity index is 450. The van der Waals surface area contributed by atoms with Crippen molar-refractivity contribution in [1.82, 2.24) is 10.2 Å². The zero-order chi connectivity index (χ0) is 13.1. The molecular weight excluding hydrogens is 277 g/mol. The summed E-state index contributed by atoms with van der Waals surface area (Å²) in [5, 5.41) is 8.04. The fourth-order valence-electron chi connectivity index (χ4n) is 1.92. The average molecular weight is 290 g/mol. The van der Waals surface area contributed by atoms with Gasteiger partial charge in [-0.15, -0.1) is 10.2 Å². The molecule has 7 heteroatoms. The van der Waals surface area contributed by atoms with Crippen molar-refractivity contribution in [3.05, 3.63) is 16.4 Å². The summed E-state index contributed by atoms with van der Waals surface area (Å²) in [6.07, 6.45) is 0.439. The number of hydrogen-bond donors (Lipinski definition) is 0. The molecule has 2 heterocycles. The van der Waals surface area contributed by atoms with Crippen molar-refractivity contribution in [3.63, 3.8) is 0 Å². The van der Waals surface area contributed by atoms with Gasteiger partial charge in [-0.05, 0) is 6.92 Å². The molecule has 5 nitrogen and oxygen atoms in total. The van der Waals surface area contributed by atoms with E-state index in [0.717, 1.165) is 18.8 Å². The predicted molar refractivity (Wildman–Crippen MR) is 69.0 cm³/mol. The van der Waals surface area contributed by atoms with Gasteiger partial charge in [0.05, 0.1) is 18.7 Å². The van der Waals surface area contributed by atoms with E-state index < -0.39 is 0 Å². The lowest BCUT2D eigenvalue weighted by molar-refractivity contribution is -0.144. The summed E-state index contributed by atoms with van der Waals surface area (Å²) < 4.78 is 4.91. The maximum atomic E-state index is 11.3. The molecule has 0 aromatic carbocycles. The molecule has 0 spiro atoms. The number of carbonyl (C=O) groups excluding carboxylic acids is 1. The minimum Gasteiger partial charge on any atom is -0.466 e. The van der Waals surface area contributed by atoms with E-state index in [1.165, 1.54) is 0 Å². The highest BCUT2D eigenvalue weighted by atomic mass is 35.5. The van der Waals surface area contributed by atoms with Gasteiger partial charge >= 0.3 is 5.97 Å². The van der Waals surface area contributed by atoms with Gasteiger partial charge in [0.25, 0.3) is 0 Å². The van der Waals surface area contributed by atoms with Gasteiger partial charge in [0.1, 0.15) is 0 Å². The van der Waals surface area contributed by atoms with Crippen LogP contribution < -0.4 is 4.90 Å². The summed E-state index contributed by atoms with van der Waals surface area (Å²) in [6.45, 7) is 3.72. The molecular formula is C11H13Cl2N3O2. The first-order chi connectivity index (χ1) is 8.60. The molecule has 1 aromatic heterocycles. The first-order valence-electron chi connectivity index (χ1n) is 5.69. The van der Waals surface area contributed by atoms with E-state index in [1.54, 1.807) is 13.0 Å². The molecule has 0 aliphatic carbocycles. The summed E-state index contributed by atoms with van der Waals surface area (Å²) in [5.41, 5.74) is 0.761. The smallest absolute Gasteiger partial charge is 0.306 e. The molecule has 0 saturated carbocycles. The molecule has 0 N–H and O–H groups in total. The molecule has 98 valence electrons. The molecule has 0 unspecified atom stereocenters. The van der Waals surface area contributed by atoms with E-state index in [9.17, 15) is 4.79 Å². The van der Waals surface area contributed by atoms with Crippen molar-refractivity contribution in [2.24, 2.45) is 5.92 Å². The standard InChI is InChI=1S/C11H13Cl2N3O2/c1-2-18-10(17)3-7-5-16(6-7)8-4-9(12)14-15-11(8)13/h4,7H,2-3,5-6H2,1H3. The van der Waals surface area contributed by atoms with Crippen molar-refractivity contribution < 1.29 is 9.53 Å². The van der Waals surface area contributed by atoms with Crippen LogP contribution in [0.1, 0.15) is 13.3 Å². The maximum absolute atomic E-state index is 11.3. The zero-order valence-electron chi connectivity index (χ0n) is 9.90. The number of ether oxygens (including phenoxy) is 1. The van der Waals surface area contributed by atoms with Gasteiger partial charge in [-0.3, -0.25) is 4.79 Å². The van der Waals surface area contributed by atoms with Crippen LogP contribution >= 0.6 is 23.2 Å². The normalized spacial score (nSPS) is 15.4. The number of hydrogen-bond acceptors (Lipinski definition) is 5. The number of halogens is 2. The Morgan fingerprint density at radius 1 is 1.50 bits per heavy atom. The average Bonchev–Trinajstić information content (AvgIpc) is 2.27. The van der Waals surface area contributed by atoms with Gasteiger partial charge in [-0.2, -0.15) is 0 Å². The van der Waals surface area contributed by atoms with Crippen molar-refractivity contribution >= 4 is 34.9 Å². The second-order valence-electron chi connectivity index (χ2n) is 4.12. The van der Waals surface area contributed by atoms with Crippen molar-refractivity contribution in [2.75, 3.05) is 24.6 Å². The zero-order valence-corrected chi connectivity index (χ0v) is 11.4. The van der Waals surface area contributed by atoms with Crippen molar-refractivity contribution in [2.45, 2.75) is 13.3 Å². The molecule has 0 atom stereocenters. The van der Waals surface area contributed by atoms with Crippen LogP contribution in [0.4, 0.5) is 5.69 Å². The van der Waals surface area contributed by atoms with Gasteiger partial charge in [0.2, 0.25) is 0 Å². The van der Waals surface area contributed by atoms with Crippen LogP contribution in [0.2, 0.25) is 10.3 Å². The second kappa shape index (κ2) is 5.71. The fourth-order valence-corrected chi connectivity index (χ4v) is 2.27. The minimum atomic E-state index is -0.154. The molecule has 1 aromatic rings. The first kappa shape index (κ1) is 13.4. The molecule has 2 rings (SSSR count). The Labute approximate surface area is 115 Å². The van der Waals surface area contributed by atoms with Crippen molar-refractivity contribution in [1.29, 1.82) is 0 Å². The topological polar surface area (TPSA) is 55.3 Å². The van der Waals surface area contributed by atoms with Crippen LogP contribution in [0.15, 0.2) is 6.07 Å². The third-order valence-electron chi connectivity index (χ3n) is 2.76. The lowest BCUT2D eigenvalue weighted by Gasteiger charge is -2.40. The number of esters is 1. The fraction of sp³-hybridized carbons (Fsp3) is 0.545. The number of rotatable bonds is 4. The van der Waals surface area contributed by atoms with E-state index in [-0.39, 0.29) is 5.97 Å². The van der Waals surface area contributed by atoms with Crippen LogP contribution in [-0.4, -0.2) is 35.9 Å².